The van der Waals surface area contributed by atoms with Gasteiger partial charge in [0, 0.05) is 12.3 Å². The van der Waals surface area contributed by atoms with Crippen molar-refractivity contribution >= 4 is 34.1 Å². The highest BCUT2D eigenvalue weighted by Gasteiger charge is 2.11. The molecule has 72 valence electrons. The third-order valence-electron chi connectivity index (χ3n) is 1.91. The third kappa shape index (κ3) is 1.25. The van der Waals surface area contributed by atoms with Gasteiger partial charge in [-0.15, -0.1) is 0 Å². The molecule has 5 heteroatoms. The summed E-state index contributed by atoms with van der Waals surface area (Å²) >= 11 is 11.5. The second-order valence-corrected chi connectivity index (χ2v) is 3.60. The van der Waals surface area contributed by atoms with Crippen LogP contribution in [0.2, 0.25) is 10.0 Å². The number of aromatic hydroxyl groups is 1. The van der Waals surface area contributed by atoms with Gasteiger partial charge in [0.05, 0.1) is 20.9 Å². The second-order valence-electron chi connectivity index (χ2n) is 2.78. The number of phenols is 1. The minimum Gasteiger partial charge on any atom is -0.504 e. The molecule has 0 radical (unpaired) electrons. The van der Waals surface area contributed by atoms with E-state index >= 15 is 0 Å². The molecule has 1 aromatic heterocycles. The zero-order chi connectivity index (χ0) is 10.3. The maximum Gasteiger partial charge on any atom is 0.191 e. The van der Waals surface area contributed by atoms with Gasteiger partial charge in [-0.25, -0.2) is 0 Å². The highest BCUT2D eigenvalue weighted by molar-refractivity contribution is 6.39. The molecule has 0 saturated heterocycles. The van der Waals surface area contributed by atoms with Crippen molar-refractivity contribution in [1.29, 1.82) is 0 Å². The van der Waals surface area contributed by atoms with Gasteiger partial charge in [0.1, 0.15) is 0 Å². The Balaban J connectivity index is 3.10. The Hall–Kier alpha value is -1.19. The highest BCUT2D eigenvalue weighted by Crippen LogP contribution is 2.33. The van der Waals surface area contributed by atoms with Crippen molar-refractivity contribution in [3.8, 4) is 5.75 Å². The number of aromatic nitrogens is 1. The van der Waals surface area contributed by atoms with E-state index in [9.17, 15) is 9.90 Å². The Bertz CT molecular complexity index is 562. The molecule has 0 amide bonds. The number of pyridine rings is 1. The second kappa shape index (κ2) is 3.19. The van der Waals surface area contributed by atoms with Gasteiger partial charge in [0.15, 0.2) is 11.2 Å². The average molecular weight is 230 g/mol. The smallest absolute Gasteiger partial charge is 0.191 e. The summed E-state index contributed by atoms with van der Waals surface area (Å²) in [4.78, 5) is 14.1. The van der Waals surface area contributed by atoms with Gasteiger partial charge in [-0.2, -0.15) is 0 Å². The number of halogens is 2. The summed E-state index contributed by atoms with van der Waals surface area (Å²) in [6.45, 7) is 0. The summed E-state index contributed by atoms with van der Waals surface area (Å²) in [6, 6.07) is 2.68. The van der Waals surface area contributed by atoms with Crippen molar-refractivity contribution < 1.29 is 5.11 Å². The first-order valence-corrected chi connectivity index (χ1v) is 4.55. The molecule has 0 bridgehead atoms. The molecule has 0 atom stereocenters. The van der Waals surface area contributed by atoms with Gasteiger partial charge in [-0.1, -0.05) is 23.2 Å². The maximum absolute atomic E-state index is 11.4. The molecule has 0 aliphatic rings. The van der Waals surface area contributed by atoms with Crippen LogP contribution in [0.1, 0.15) is 0 Å². The van der Waals surface area contributed by atoms with E-state index in [4.69, 9.17) is 23.2 Å². The quantitative estimate of drug-likeness (QED) is 0.730. The minimum absolute atomic E-state index is 0.115. The molecule has 0 aliphatic carbocycles. The average Bonchev–Trinajstić information content (AvgIpc) is 2.14. The van der Waals surface area contributed by atoms with Gasteiger partial charge in [-0.3, -0.25) is 4.79 Å². The van der Waals surface area contributed by atoms with Gasteiger partial charge in [0.2, 0.25) is 0 Å². The van der Waals surface area contributed by atoms with E-state index in [2.05, 4.69) is 4.98 Å². The standard InChI is InChI=1S/C9H5Cl2NO2/c10-4-3-5(11)9(14)8-7(4)6(13)1-2-12-8/h1-3,14H,(H,12,13). The van der Waals surface area contributed by atoms with E-state index in [1.54, 1.807) is 0 Å². The van der Waals surface area contributed by atoms with Crippen LogP contribution in [0.4, 0.5) is 0 Å². The Morgan fingerprint density at radius 3 is 2.71 bits per heavy atom. The lowest BCUT2D eigenvalue weighted by atomic mass is 10.2. The maximum atomic E-state index is 11.4. The van der Waals surface area contributed by atoms with Crippen LogP contribution in [0.5, 0.6) is 5.75 Å². The number of rotatable bonds is 0. The molecule has 3 nitrogen and oxygen atoms in total. The molecule has 1 heterocycles. The first-order chi connectivity index (χ1) is 6.61. The van der Waals surface area contributed by atoms with Gasteiger partial charge >= 0.3 is 0 Å². The molecule has 0 fully saturated rings. The molecule has 14 heavy (non-hydrogen) atoms. The summed E-state index contributed by atoms with van der Waals surface area (Å²) < 4.78 is 0. The van der Waals surface area contributed by atoms with Crippen LogP contribution in [-0.4, -0.2) is 10.1 Å². The third-order valence-corrected chi connectivity index (χ3v) is 2.50. The van der Waals surface area contributed by atoms with Crippen LogP contribution in [0.3, 0.4) is 0 Å². The fourth-order valence-electron chi connectivity index (χ4n) is 1.27. The zero-order valence-corrected chi connectivity index (χ0v) is 8.36. The number of hydrogen-bond donors (Lipinski definition) is 2. The van der Waals surface area contributed by atoms with Gasteiger partial charge < -0.3 is 10.1 Å². The molecule has 0 spiro atoms. The largest absolute Gasteiger partial charge is 0.504 e. The number of hydrogen-bond acceptors (Lipinski definition) is 2. The number of benzene rings is 1. The fourth-order valence-corrected chi connectivity index (χ4v) is 1.83. The molecule has 2 aromatic rings. The van der Waals surface area contributed by atoms with E-state index in [-0.39, 0.29) is 32.1 Å². The molecule has 1 aromatic carbocycles. The number of nitrogens with one attached hydrogen (secondary N) is 1. The van der Waals surface area contributed by atoms with Crippen LogP contribution < -0.4 is 5.43 Å². The van der Waals surface area contributed by atoms with E-state index < -0.39 is 0 Å². The van der Waals surface area contributed by atoms with E-state index in [1.165, 1.54) is 18.3 Å². The van der Waals surface area contributed by atoms with Crippen molar-refractivity contribution in [3.05, 3.63) is 38.6 Å². The summed E-state index contributed by atoms with van der Waals surface area (Å²) in [7, 11) is 0. The summed E-state index contributed by atoms with van der Waals surface area (Å²) in [5, 5.41) is 10.1. The predicted molar refractivity (Wildman–Crippen MR) is 56.3 cm³/mol. The van der Waals surface area contributed by atoms with Crippen LogP contribution in [0, 0.1) is 0 Å². The Kier molecular flexibility index (Phi) is 2.13. The predicted octanol–water partition coefficient (Wildman–Crippen LogP) is 2.54. The van der Waals surface area contributed by atoms with Crippen LogP contribution in [-0.2, 0) is 0 Å². The minimum atomic E-state index is -0.254. The molecule has 2 rings (SSSR count). The van der Waals surface area contributed by atoms with E-state index in [0.717, 1.165) is 0 Å². The lowest BCUT2D eigenvalue weighted by Crippen LogP contribution is -2.00. The highest BCUT2D eigenvalue weighted by atomic mass is 35.5. The van der Waals surface area contributed by atoms with Gasteiger partial charge in [-0.05, 0) is 6.07 Å². The lowest BCUT2D eigenvalue weighted by Gasteiger charge is -2.03. The van der Waals surface area contributed by atoms with Crippen LogP contribution in [0.15, 0.2) is 23.1 Å². The fraction of sp³-hybridized carbons (Fsp3) is 0. The summed E-state index contributed by atoms with van der Waals surface area (Å²) in [6.07, 6.45) is 1.43. The van der Waals surface area contributed by atoms with Crippen LogP contribution >= 0.6 is 23.2 Å². The first-order valence-electron chi connectivity index (χ1n) is 3.79. The topological polar surface area (TPSA) is 53.1 Å². The normalized spacial score (nSPS) is 10.7. The molecule has 0 unspecified atom stereocenters. The van der Waals surface area contributed by atoms with Crippen molar-refractivity contribution in [2.45, 2.75) is 0 Å². The van der Waals surface area contributed by atoms with Crippen molar-refractivity contribution in [3.63, 3.8) is 0 Å². The van der Waals surface area contributed by atoms with Crippen molar-refractivity contribution in [1.82, 2.24) is 4.98 Å². The van der Waals surface area contributed by atoms with E-state index in [0.29, 0.717) is 0 Å². The Morgan fingerprint density at radius 2 is 2.00 bits per heavy atom. The first kappa shape index (κ1) is 9.37. The van der Waals surface area contributed by atoms with Crippen molar-refractivity contribution in [2.75, 3.05) is 0 Å². The van der Waals surface area contributed by atoms with Crippen LogP contribution in [0.25, 0.3) is 10.9 Å². The summed E-state index contributed by atoms with van der Waals surface area (Å²) in [5.41, 5.74) is 0.00529. The van der Waals surface area contributed by atoms with Crippen molar-refractivity contribution in [2.24, 2.45) is 0 Å². The molecule has 2 N–H and O–H groups in total. The SMILES string of the molecule is O=c1cc[nH]c2c(O)c(Cl)cc(Cl)c12. The molecule has 0 saturated carbocycles. The Morgan fingerprint density at radius 1 is 1.29 bits per heavy atom. The number of phenolic OH excluding ortho intramolecular Hbond substituents is 1. The number of fused-ring (bicyclic) bond motifs is 1. The zero-order valence-electron chi connectivity index (χ0n) is 6.84. The van der Waals surface area contributed by atoms with Gasteiger partial charge in [0.25, 0.3) is 0 Å². The summed E-state index contributed by atoms with van der Waals surface area (Å²) in [5.74, 6) is -0.163. The lowest BCUT2D eigenvalue weighted by molar-refractivity contribution is 0.480. The van der Waals surface area contributed by atoms with E-state index in [1.807, 2.05) is 0 Å². The number of H-pyrrole nitrogens is 1. The Labute approximate surface area is 88.9 Å². The molecular formula is C9H5Cl2NO2. The molecular weight excluding hydrogens is 225 g/mol. The monoisotopic (exact) mass is 229 g/mol. The number of aromatic amines is 1. The molecule has 0 aliphatic heterocycles.